The van der Waals surface area contributed by atoms with Crippen LogP contribution in [0.15, 0.2) is 42.7 Å². The highest BCUT2D eigenvalue weighted by molar-refractivity contribution is 5.70. The summed E-state index contributed by atoms with van der Waals surface area (Å²) in [6.45, 7) is 8.01. The minimum Gasteiger partial charge on any atom is -0.353 e. The first-order valence-electron chi connectivity index (χ1n) is 9.45. The van der Waals surface area contributed by atoms with Gasteiger partial charge in [-0.05, 0) is 58.1 Å². The van der Waals surface area contributed by atoms with E-state index in [2.05, 4.69) is 63.4 Å². The van der Waals surface area contributed by atoms with Crippen molar-refractivity contribution in [3.8, 4) is 11.3 Å². The molecule has 0 fully saturated rings. The van der Waals surface area contributed by atoms with Crippen molar-refractivity contribution in [3.63, 3.8) is 0 Å². The fourth-order valence-electron chi connectivity index (χ4n) is 3.15. The zero-order chi connectivity index (χ0) is 20.1. The van der Waals surface area contributed by atoms with Crippen molar-refractivity contribution in [2.24, 2.45) is 0 Å². The van der Waals surface area contributed by atoms with Gasteiger partial charge in [0.1, 0.15) is 5.82 Å². The molecule has 2 aromatic heterocycles. The SMILES string of the molecule is Cc1cc(C)c(Nc2cc(-c3cccnc3)nc(NCCN(C)C)n2)c(C)c1. The van der Waals surface area contributed by atoms with E-state index in [0.29, 0.717) is 5.95 Å². The number of aryl methyl sites for hydroxylation is 3. The Morgan fingerprint density at radius 3 is 2.39 bits per heavy atom. The molecule has 2 heterocycles. The maximum Gasteiger partial charge on any atom is 0.225 e. The highest BCUT2D eigenvalue weighted by atomic mass is 15.2. The van der Waals surface area contributed by atoms with E-state index in [4.69, 9.17) is 0 Å². The highest BCUT2D eigenvalue weighted by Gasteiger charge is 2.10. The predicted molar refractivity (Wildman–Crippen MR) is 116 cm³/mol. The van der Waals surface area contributed by atoms with Crippen molar-refractivity contribution in [1.29, 1.82) is 0 Å². The smallest absolute Gasteiger partial charge is 0.225 e. The number of benzene rings is 1. The minimum absolute atomic E-state index is 0.605. The van der Waals surface area contributed by atoms with Crippen LogP contribution in [-0.2, 0) is 0 Å². The molecule has 28 heavy (non-hydrogen) atoms. The van der Waals surface area contributed by atoms with Gasteiger partial charge in [0, 0.05) is 42.8 Å². The average molecular weight is 377 g/mol. The van der Waals surface area contributed by atoms with Gasteiger partial charge in [-0.3, -0.25) is 4.98 Å². The summed E-state index contributed by atoms with van der Waals surface area (Å²) in [7, 11) is 4.09. The van der Waals surface area contributed by atoms with E-state index in [1.807, 2.05) is 38.5 Å². The third-order valence-electron chi connectivity index (χ3n) is 4.46. The van der Waals surface area contributed by atoms with Crippen LogP contribution in [-0.4, -0.2) is 47.0 Å². The van der Waals surface area contributed by atoms with E-state index in [1.54, 1.807) is 6.20 Å². The molecule has 3 rings (SSSR count). The first-order valence-corrected chi connectivity index (χ1v) is 9.45. The molecule has 0 spiro atoms. The molecule has 1 aromatic carbocycles. The van der Waals surface area contributed by atoms with Gasteiger partial charge in [0.15, 0.2) is 0 Å². The molecular formula is C22H28N6. The lowest BCUT2D eigenvalue weighted by Gasteiger charge is -2.16. The molecule has 6 nitrogen and oxygen atoms in total. The van der Waals surface area contributed by atoms with Crippen LogP contribution in [0, 0.1) is 20.8 Å². The maximum atomic E-state index is 4.68. The molecule has 0 aliphatic heterocycles. The zero-order valence-electron chi connectivity index (χ0n) is 17.2. The van der Waals surface area contributed by atoms with Gasteiger partial charge < -0.3 is 15.5 Å². The first-order chi connectivity index (χ1) is 13.4. The summed E-state index contributed by atoms with van der Waals surface area (Å²) in [6, 6.07) is 10.2. The fraction of sp³-hybridized carbons (Fsp3) is 0.318. The Morgan fingerprint density at radius 1 is 1.00 bits per heavy atom. The molecule has 0 aliphatic carbocycles. The third-order valence-corrected chi connectivity index (χ3v) is 4.46. The lowest BCUT2D eigenvalue weighted by molar-refractivity contribution is 0.425. The number of nitrogens with one attached hydrogen (secondary N) is 2. The van der Waals surface area contributed by atoms with Crippen LogP contribution in [0.25, 0.3) is 11.3 Å². The molecule has 3 aromatic rings. The summed E-state index contributed by atoms with van der Waals surface area (Å²) in [5.74, 6) is 1.37. The normalized spacial score (nSPS) is 10.9. The van der Waals surface area contributed by atoms with E-state index in [0.717, 1.165) is 35.9 Å². The predicted octanol–water partition coefficient (Wildman–Crippen LogP) is 4.18. The number of likely N-dealkylation sites (N-methyl/N-ethyl adjacent to an activating group) is 1. The van der Waals surface area contributed by atoms with Crippen molar-refractivity contribution in [2.45, 2.75) is 20.8 Å². The molecule has 0 amide bonds. The van der Waals surface area contributed by atoms with Gasteiger partial charge in [-0.1, -0.05) is 17.7 Å². The largest absolute Gasteiger partial charge is 0.353 e. The number of hydrogen-bond acceptors (Lipinski definition) is 6. The van der Waals surface area contributed by atoms with Gasteiger partial charge >= 0.3 is 0 Å². The van der Waals surface area contributed by atoms with Crippen LogP contribution in [0.3, 0.4) is 0 Å². The Morgan fingerprint density at radius 2 is 1.75 bits per heavy atom. The van der Waals surface area contributed by atoms with Gasteiger partial charge in [-0.15, -0.1) is 0 Å². The first kappa shape index (κ1) is 19.8. The van der Waals surface area contributed by atoms with Crippen LogP contribution in [0.5, 0.6) is 0 Å². The van der Waals surface area contributed by atoms with E-state index in [1.165, 1.54) is 16.7 Å². The molecule has 0 aliphatic rings. The quantitative estimate of drug-likeness (QED) is 0.645. The van der Waals surface area contributed by atoms with Gasteiger partial charge in [0.05, 0.1) is 5.69 Å². The average Bonchev–Trinajstić information content (AvgIpc) is 2.65. The molecule has 0 radical (unpaired) electrons. The van der Waals surface area contributed by atoms with Crippen LogP contribution < -0.4 is 10.6 Å². The molecule has 0 saturated heterocycles. The Bertz CT molecular complexity index is 914. The van der Waals surface area contributed by atoms with Crippen LogP contribution >= 0.6 is 0 Å². The van der Waals surface area contributed by atoms with Gasteiger partial charge in [0.25, 0.3) is 0 Å². The van der Waals surface area contributed by atoms with E-state index < -0.39 is 0 Å². The minimum atomic E-state index is 0.605. The lowest BCUT2D eigenvalue weighted by atomic mass is 10.1. The summed E-state index contributed by atoms with van der Waals surface area (Å²) in [4.78, 5) is 15.7. The van der Waals surface area contributed by atoms with Crippen LogP contribution in [0.2, 0.25) is 0 Å². The highest BCUT2D eigenvalue weighted by Crippen LogP contribution is 2.27. The molecule has 0 bridgehead atoms. The lowest BCUT2D eigenvalue weighted by Crippen LogP contribution is -2.21. The Kier molecular flexibility index (Phi) is 6.21. The Balaban J connectivity index is 1.95. The number of aromatic nitrogens is 3. The second-order valence-electron chi connectivity index (χ2n) is 7.33. The van der Waals surface area contributed by atoms with Crippen molar-refractivity contribution in [3.05, 3.63) is 59.4 Å². The monoisotopic (exact) mass is 376 g/mol. The summed E-state index contributed by atoms with van der Waals surface area (Å²) in [6.07, 6.45) is 3.58. The molecule has 0 saturated carbocycles. The van der Waals surface area contributed by atoms with Crippen molar-refractivity contribution in [2.75, 3.05) is 37.8 Å². The van der Waals surface area contributed by atoms with Crippen LogP contribution in [0.1, 0.15) is 16.7 Å². The van der Waals surface area contributed by atoms with Crippen LogP contribution in [0.4, 0.5) is 17.5 Å². The third kappa shape index (κ3) is 5.04. The number of rotatable bonds is 7. The Hall–Kier alpha value is -2.99. The van der Waals surface area contributed by atoms with E-state index >= 15 is 0 Å². The fourth-order valence-corrected chi connectivity index (χ4v) is 3.15. The van der Waals surface area contributed by atoms with E-state index in [9.17, 15) is 0 Å². The second-order valence-corrected chi connectivity index (χ2v) is 7.33. The molecule has 2 N–H and O–H groups in total. The summed E-state index contributed by atoms with van der Waals surface area (Å²) in [5, 5.41) is 6.82. The van der Waals surface area contributed by atoms with Gasteiger partial charge in [0.2, 0.25) is 5.95 Å². The summed E-state index contributed by atoms with van der Waals surface area (Å²) >= 11 is 0. The molecular weight excluding hydrogens is 348 g/mol. The van der Waals surface area contributed by atoms with E-state index in [-0.39, 0.29) is 0 Å². The topological polar surface area (TPSA) is 66.0 Å². The van der Waals surface area contributed by atoms with Gasteiger partial charge in [-0.25, -0.2) is 4.98 Å². The Labute approximate surface area is 167 Å². The number of pyridine rings is 1. The second kappa shape index (κ2) is 8.80. The van der Waals surface area contributed by atoms with Crippen molar-refractivity contribution < 1.29 is 0 Å². The summed E-state index contributed by atoms with van der Waals surface area (Å²) in [5.41, 5.74) is 6.52. The standard InChI is InChI=1S/C22H28N6/c1-15-11-16(2)21(17(3)12-15)26-20-13-19(18-7-6-8-23-14-18)25-22(27-20)24-9-10-28(4)5/h6-8,11-14H,9-10H2,1-5H3,(H2,24,25,26,27). The van der Waals surface area contributed by atoms with Crippen molar-refractivity contribution in [1.82, 2.24) is 19.9 Å². The number of hydrogen-bond donors (Lipinski definition) is 2. The van der Waals surface area contributed by atoms with Gasteiger partial charge in [-0.2, -0.15) is 4.98 Å². The molecule has 0 unspecified atom stereocenters. The zero-order valence-corrected chi connectivity index (χ0v) is 17.2. The molecule has 0 atom stereocenters. The van der Waals surface area contributed by atoms with Crippen molar-refractivity contribution >= 4 is 17.5 Å². The number of anilines is 3. The molecule has 146 valence electrons. The maximum absolute atomic E-state index is 4.68. The number of nitrogens with zero attached hydrogens (tertiary/aromatic N) is 4. The summed E-state index contributed by atoms with van der Waals surface area (Å²) < 4.78 is 0. The molecule has 6 heteroatoms.